The van der Waals surface area contributed by atoms with Crippen LogP contribution in [0.4, 0.5) is 6.01 Å². The predicted octanol–water partition coefficient (Wildman–Crippen LogP) is 2.57. The SMILES string of the molecule is CC(Cl)c1nnc(N2CCSSCC2)o1. The van der Waals surface area contributed by atoms with Gasteiger partial charge in [0.25, 0.3) is 0 Å². The standard InChI is InChI=1S/C8H12ClN3OS2/c1-6(9)7-10-11-8(13-7)12-2-4-14-15-5-3-12/h6H,2-5H2,1H3. The average Bonchev–Trinajstić information content (AvgIpc) is 2.55. The number of aromatic nitrogens is 2. The fourth-order valence-electron chi connectivity index (χ4n) is 1.23. The minimum Gasteiger partial charge on any atom is -0.406 e. The minimum absolute atomic E-state index is 0.220. The van der Waals surface area contributed by atoms with Gasteiger partial charge in [-0.05, 0) is 6.92 Å². The van der Waals surface area contributed by atoms with Crippen LogP contribution in [0.5, 0.6) is 0 Å². The van der Waals surface area contributed by atoms with Crippen LogP contribution in [-0.4, -0.2) is 34.8 Å². The van der Waals surface area contributed by atoms with Crippen molar-refractivity contribution < 1.29 is 4.42 Å². The minimum atomic E-state index is -0.220. The van der Waals surface area contributed by atoms with E-state index in [4.69, 9.17) is 16.0 Å². The molecule has 0 spiro atoms. The van der Waals surface area contributed by atoms with E-state index in [2.05, 4.69) is 15.1 Å². The Morgan fingerprint density at radius 3 is 2.53 bits per heavy atom. The third kappa shape index (κ3) is 2.95. The predicted molar refractivity (Wildman–Crippen MR) is 65.7 cm³/mol. The number of anilines is 1. The molecule has 1 unspecified atom stereocenters. The summed E-state index contributed by atoms with van der Waals surface area (Å²) in [6.45, 7) is 3.74. The number of alkyl halides is 1. The zero-order chi connectivity index (χ0) is 10.7. The molecule has 1 aliphatic rings. The summed E-state index contributed by atoms with van der Waals surface area (Å²) in [4.78, 5) is 2.11. The van der Waals surface area contributed by atoms with Crippen LogP contribution in [0.3, 0.4) is 0 Å². The van der Waals surface area contributed by atoms with Crippen molar-refractivity contribution in [1.82, 2.24) is 10.2 Å². The number of hydrogen-bond acceptors (Lipinski definition) is 6. The average molecular weight is 266 g/mol. The van der Waals surface area contributed by atoms with Crippen molar-refractivity contribution in [1.29, 1.82) is 0 Å². The normalized spacial score (nSPS) is 20.0. The van der Waals surface area contributed by atoms with E-state index in [-0.39, 0.29) is 5.38 Å². The molecule has 0 aliphatic carbocycles. The molecule has 0 amide bonds. The summed E-state index contributed by atoms with van der Waals surface area (Å²) in [5, 5.41) is 7.71. The summed E-state index contributed by atoms with van der Waals surface area (Å²) < 4.78 is 5.49. The van der Waals surface area contributed by atoms with E-state index in [1.807, 2.05) is 28.5 Å². The van der Waals surface area contributed by atoms with Crippen molar-refractivity contribution in [2.24, 2.45) is 0 Å². The molecule has 1 saturated heterocycles. The molecule has 4 nitrogen and oxygen atoms in total. The second-order valence-corrected chi connectivity index (χ2v) is 6.53. The van der Waals surface area contributed by atoms with Crippen molar-refractivity contribution in [3.05, 3.63) is 5.89 Å². The molecule has 0 radical (unpaired) electrons. The van der Waals surface area contributed by atoms with Crippen LogP contribution < -0.4 is 4.90 Å². The van der Waals surface area contributed by atoms with Crippen LogP contribution in [-0.2, 0) is 0 Å². The maximum absolute atomic E-state index is 5.86. The highest BCUT2D eigenvalue weighted by Crippen LogP contribution is 2.27. The highest BCUT2D eigenvalue weighted by atomic mass is 35.5. The summed E-state index contributed by atoms with van der Waals surface area (Å²) in [7, 11) is 3.77. The van der Waals surface area contributed by atoms with Crippen LogP contribution in [0.25, 0.3) is 0 Å². The Hall–Kier alpha value is -0.0700. The Morgan fingerprint density at radius 2 is 2.00 bits per heavy atom. The summed E-state index contributed by atoms with van der Waals surface area (Å²) in [6.07, 6.45) is 0. The molecule has 0 saturated carbocycles. The van der Waals surface area contributed by atoms with E-state index in [9.17, 15) is 0 Å². The quantitative estimate of drug-likeness (QED) is 0.605. The van der Waals surface area contributed by atoms with Crippen LogP contribution >= 0.6 is 33.2 Å². The lowest BCUT2D eigenvalue weighted by molar-refractivity contribution is 0.487. The van der Waals surface area contributed by atoms with Crippen molar-refractivity contribution in [3.8, 4) is 0 Å². The van der Waals surface area contributed by atoms with Crippen molar-refractivity contribution >= 4 is 39.2 Å². The second kappa shape index (κ2) is 5.32. The Bertz CT molecular complexity index is 313. The van der Waals surface area contributed by atoms with Gasteiger partial charge < -0.3 is 9.32 Å². The molecule has 1 aromatic heterocycles. The molecule has 1 aliphatic heterocycles. The monoisotopic (exact) mass is 265 g/mol. The summed E-state index contributed by atoms with van der Waals surface area (Å²) >= 11 is 5.86. The molecule has 1 atom stereocenters. The van der Waals surface area contributed by atoms with Crippen LogP contribution in [0.1, 0.15) is 18.2 Å². The Morgan fingerprint density at radius 1 is 1.33 bits per heavy atom. The zero-order valence-electron chi connectivity index (χ0n) is 8.35. The van der Waals surface area contributed by atoms with Gasteiger partial charge in [-0.25, -0.2) is 0 Å². The van der Waals surface area contributed by atoms with Crippen LogP contribution in [0, 0.1) is 0 Å². The molecule has 0 bridgehead atoms. The lowest BCUT2D eigenvalue weighted by Gasteiger charge is -2.15. The van der Waals surface area contributed by atoms with Gasteiger partial charge in [0.1, 0.15) is 5.38 Å². The third-order valence-corrected chi connectivity index (χ3v) is 4.57. The van der Waals surface area contributed by atoms with E-state index < -0.39 is 0 Å². The van der Waals surface area contributed by atoms with Crippen LogP contribution in [0.15, 0.2) is 4.42 Å². The molecule has 1 fully saturated rings. The van der Waals surface area contributed by atoms with Crippen molar-refractivity contribution in [3.63, 3.8) is 0 Å². The van der Waals surface area contributed by atoms with E-state index in [0.717, 1.165) is 24.6 Å². The molecule has 84 valence electrons. The van der Waals surface area contributed by atoms with Crippen molar-refractivity contribution in [2.45, 2.75) is 12.3 Å². The van der Waals surface area contributed by atoms with Gasteiger partial charge in [0.2, 0.25) is 5.89 Å². The van der Waals surface area contributed by atoms with Gasteiger partial charge in [-0.1, -0.05) is 26.7 Å². The number of rotatable bonds is 2. The van der Waals surface area contributed by atoms with Gasteiger partial charge >= 0.3 is 6.01 Å². The molecule has 0 aromatic carbocycles. The Balaban J connectivity index is 2.06. The van der Waals surface area contributed by atoms with Gasteiger partial charge in [-0.3, -0.25) is 0 Å². The lowest BCUT2D eigenvalue weighted by Crippen LogP contribution is -2.26. The maximum atomic E-state index is 5.86. The van der Waals surface area contributed by atoms with E-state index in [1.54, 1.807) is 0 Å². The number of hydrogen-bond donors (Lipinski definition) is 0. The van der Waals surface area contributed by atoms with Gasteiger partial charge in [-0.2, -0.15) is 0 Å². The molecular weight excluding hydrogens is 254 g/mol. The number of nitrogens with zero attached hydrogens (tertiary/aromatic N) is 3. The molecular formula is C8H12ClN3OS2. The highest BCUT2D eigenvalue weighted by Gasteiger charge is 2.18. The topological polar surface area (TPSA) is 42.2 Å². The van der Waals surface area contributed by atoms with Gasteiger partial charge in [0.15, 0.2) is 0 Å². The molecule has 15 heavy (non-hydrogen) atoms. The van der Waals surface area contributed by atoms with E-state index >= 15 is 0 Å². The maximum Gasteiger partial charge on any atom is 0.318 e. The first kappa shape index (κ1) is 11.4. The first-order valence-corrected chi connectivity index (χ1v) is 7.66. The summed E-state index contributed by atoms with van der Waals surface area (Å²) in [5.74, 6) is 2.66. The van der Waals surface area contributed by atoms with E-state index in [0.29, 0.717) is 11.9 Å². The Kier molecular flexibility index (Phi) is 4.05. The molecule has 7 heteroatoms. The fourth-order valence-corrected chi connectivity index (χ4v) is 3.30. The lowest BCUT2D eigenvalue weighted by atomic mass is 10.5. The first-order valence-electron chi connectivity index (χ1n) is 4.74. The smallest absolute Gasteiger partial charge is 0.318 e. The van der Waals surface area contributed by atoms with Gasteiger partial charge in [0, 0.05) is 24.6 Å². The number of halogens is 1. The summed E-state index contributed by atoms with van der Waals surface area (Å²) in [6, 6.07) is 0.598. The summed E-state index contributed by atoms with van der Waals surface area (Å²) in [5.41, 5.74) is 0. The second-order valence-electron chi connectivity index (χ2n) is 3.17. The molecule has 2 heterocycles. The van der Waals surface area contributed by atoms with Gasteiger partial charge in [-0.15, -0.1) is 16.7 Å². The van der Waals surface area contributed by atoms with E-state index in [1.165, 1.54) is 0 Å². The third-order valence-electron chi connectivity index (χ3n) is 2.01. The van der Waals surface area contributed by atoms with Crippen LogP contribution in [0.2, 0.25) is 0 Å². The molecule has 0 N–H and O–H groups in total. The van der Waals surface area contributed by atoms with Gasteiger partial charge in [0.05, 0.1) is 0 Å². The Labute approximate surface area is 102 Å². The molecule has 2 rings (SSSR count). The largest absolute Gasteiger partial charge is 0.406 e. The first-order chi connectivity index (χ1) is 7.27. The molecule has 1 aromatic rings. The van der Waals surface area contributed by atoms with Crippen molar-refractivity contribution in [2.75, 3.05) is 29.5 Å². The zero-order valence-corrected chi connectivity index (χ0v) is 10.7. The fraction of sp³-hybridized carbons (Fsp3) is 0.750. The highest BCUT2D eigenvalue weighted by molar-refractivity contribution is 8.76.